The number of aliphatic carboxylic acids is 1. The molecule has 0 atom stereocenters. The molecular formula is C15H16F13NO3S. The molecule has 4 nitrogen and oxygen atoms in total. The van der Waals surface area contributed by atoms with Crippen molar-refractivity contribution in [2.45, 2.75) is 74.3 Å². The van der Waals surface area contributed by atoms with Crippen LogP contribution in [-0.4, -0.2) is 58.5 Å². The molecule has 196 valence electrons. The fraction of sp³-hybridized carbons (Fsp3) is 0.867. The highest BCUT2D eigenvalue weighted by Crippen LogP contribution is 2.56. The van der Waals surface area contributed by atoms with Gasteiger partial charge in [-0.15, -0.1) is 0 Å². The number of alkyl halides is 13. The Morgan fingerprint density at radius 1 is 0.697 bits per heavy atom. The van der Waals surface area contributed by atoms with Crippen molar-refractivity contribution in [3.63, 3.8) is 0 Å². The lowest BCUT2D eigenvalue weighted by atomic mass is 9.93. The Morgan fingerprint density at radius 2 is 1.18 bits per heavy atom. The molecule has 0 spiro atoms. The number of amides is 1. The highest BCUT2D eigenvalue weighted by Gasteiger charge is 2.79. The molecule has 0 bridgehead atoms. The molecule has 0 aliphatic carbocycles. The summed E-state index contributed by atoms with van der Waals surface area (Å²) in [5.74, 6) is -36.1. The van der Waals surface area contributed by atoms with Gasteiger partial charge in [-0.3, -0.25) is 9.59 Å². The average molecular weight is 537 g/mol. The number of carboxylic acid groups (broad SMARTS) is 1. The Bertz CT molecular complexity index is 682. The molecule has 0 rings (SSSR count). The molecule has 0 aromatic rings. The minimum atomic E-state index is -7.23. The van der Waals surface area contributed by atoms with Gasteiger partial charge >= 0.3 is 41.8 Å². The number of carbonyl (C=O) groups is 2. The van der Waals surface area contributed by atoms with Crippen LogP contribution >= 0.6 is 11.9 Å². The highest BCUT2D eigenvalue weighted by atomic mass is 32.2. The molecule has 1 amide bonds. The van der Waals surface area contributed by atoms with Crippen LogP contribution in [0.1, 0.15) is 38.5 Å². The lowest BCUT2D eigenvalue weighted by Gasteiger charge is -2.36. The zero-order valence-corrected chi connectivity index (χ0v) is 16.9. The predicted octanol–water partition coefficient (Wildman–Crippen LogP) is 5.91. The van der Waals surface area contributed by atoms with Crippen molar-refractivity contribution in [3.8, 4) is 0 Å². The monoisotopic (exact) mass is 537 g/mol. The first-order valence-electron chi connectivity index (χ1n) is 8.60. The first kappa shape index (κ1) is 31.4. The van der Waals surface area contributed by atoms with Crippen LogP contribution in [-0.2, 0) is 9.59 Å². The first-order chi connectivity index (χ1) is 14.5. The number of halogens is 13. The normalized spacial score (nSPS) is 14.3. The summed E-state index contributed by atoms with van der Waals surface area (Å²) in [4.78, 5) is 21.6. The SMILES string of the molecule is O=C(O)CCCCSNC(=O)CCC(F)(F)C(F)(F)C(F)(F)CC(F)(F)C(F)(F)C(F)(F)F. The largest absolute Gasteiger partial charge is 0.481 e. The third-order valence-electron chi connectivity index (χ3n) is 3.92. The van der Waals surface area contributed by atoms with E-state index in [9.17, 15) is 66.7 Å². The maximum atomic E-state index is 13.6. The minimum absolute atomic E-state index is 0.0478. The summed E-state index contributed by atoms with van der Waals surface area (Å²) in [7, 11) is 0. The van der Waals surface area contributed by atoms with E-state index in [-0.39, 0.29) is 25.0 Å². The molecule has 0 heterocycles. The zero-order valence-electron chi connectivity index (χ0n) is 16.0. The van der Waals surface area contributed by atoms with E-state index in [1.54, 1.807) is 0 Å². The average Bonchev–Trinajstić information content (AvgIpc) is 2.60. The molecule has 18 heteroatoms. The van der Waals surface area contributed by atoms with E-state index >= 15 is 0 Å². The van der Waals surface area contributed by atoms with Crippen LogP contribution < -0.4 is 4.72 Å². The van der Waals surface area contributed by atoms with Gasteiger partial charge in [0.2, 0.25) is 5.91 Å². The summed E-state index contributed by atoms with van der Waals surface area (Å²) in [6, 6.07) is 0. The second-order valence-corrected chi connectivity index (χ2v) is 7.56. The number of hydrogen-bond acceptors (Lipinski definition) is 3. The summed E-state index contributed by atoms with van der Waals surface area (Å²) in [6.07, 6.45) is -15.2. The van der Waals surface area contributed by atoms with E-state index in [2.05, 4.69) is 0 Å². The molecule has 0 unspecified atom stereocenters. The maximum absolute atomic E-state index is 13.6. The van der Waals surface area contributed by atoms with Crippen molar-refractivity contribution in [3.05, 3.63) is 0 Å². The number of rotatable bonds is 14. The van der Waals surface area contributed by atoms with Crippen molar-refractivity contribution >= 4 is 23.8 Å². The van der Waals surface area contributed by atoms with Crippen molar-refractivity contribution in [2.75, 3.05) is 5.75 Å². The van der Waals surface area contributed by atoms with E-state index in [1.807, 2.05) is 4.72 Å². The van der Waals surface area contributed by atoms with Gasteiger partial charge in [-0.25, -0.2) is 0 Å². The summed E-state index contributed by atoms with van der Waals surface area (Å²) >= 11 is 0.527. The molecule has 0 saturated carbocycles. The van der Waals surface area contributed by atoms with Crippen LogP contribution in [0.4, 0.5) is 57.1 Å². The lowest BCUT2D eigenvalue weighted by Crippen LogP contribution is -2.60. The van der Waals surface area contributed by atoms with Gasteiger partial charge in [-0.05, 0) is 12.8 Å². The van der Waals surface area contributed by atoms with Gasteiger partial charge in [0.1, 0.15) is 0 Å². The molecule has 0 aliphatic rings. The molecule has 33 heavy (non-hydrogen) atoms. The minimum Gasteiger partial charge on any atom is -0.481 e. The summed E-state index contributed by atoms with van der Waals surface area (Å²) in [5, 5.41) is 8.37. The fourth-order valence-electron chi connectivity index (χ4n) is 2.04. The third kappa shape index (κ3) is 7.98. The van der Waals surface area contributed by atoms with Crippen molar-refractivity contribution in [2.24, 2.45) is 0 Å². The van der Waals surface area contributed by atoms with Gasteiger partial charge < -0.3 is 9.83 Å². The Kier molecular flexibility index (Phi) is 10.2. The molecule has 2 N–H and O–H groups in total. The lowest BCUT2D eigenvalue weighted by molar-refractivity contribution is -0.380. The number of unbranched alkanes of at least 4 members (excludes halogenated alkanes) is 1. The van der Waals surface area contributed by atoms with Gasteiger partial charge in [-0.2, -0.15) is 57.1 Å². The van der Waals surface area contributed by atoms with Gasteiger partial charge in [0.25, 0.3) is 0 Å². The Morgan fingerprint density at radius 3 is 1.64 bits per heavy atom. The second-order valence-electron chi connectivity index (χ2n) is 6.66. The van der Waals surface area contributed by atoms with Gasteiger partial charge in [0, 0.05) is 25.0 Å². The van der Waals surface area contributed by atoms with Crippen molar-refractivity contribution < 1.29 is 71.8 Å². The van der Waals surface area contributed by atoms with Crippen LogP contribution in [0.5, 0.6) is 0 Å². The van der Waals surface area contributed by atoms with E-state index in [0.717, 1.165) is 0 Å². The van der Waals surface area contributed by atoms with Crippen LogP contribution in [0.3, 0.4) is 0 Å². The predicted molar refractivity (Wildman–Crippen MR) is 86.7 cm³/mol. The number of hydrogen-bond donors (Lipinski definition) is 2. The Balaban J connectivity index is 5.08. The van der Waals surface area contributed by atoms with Crippen LogP contribution in [0.25, 0.3) is 0 Å². The summed E-state index contributed by atoms with van der Waals surface area (Å²) in [6.45, 7) is 0. The summed E-state index contributed by atoms with van der Waals surface area (Å²) in [5.41, 5.74) is 0. The van der Waals surface area contributed by atoms with E-state index < -0.39 is 66.9 Å². The van der Waals surface area contributed by atoms with E-state index in [4.69, 9.17) is 5.11 Å². The van der Waals surface area contributed by atoms with Crippen LogP contribution in [0.2, 0.25) is 0 Å². The van der Waals surface area contributed by atoms with Crippen LogP contribution in [0, 0.1) is 0 Å². The van der Waals surface area contributed by atoms with Crippen LogP contribution in [0.15, 0.2) is 0 Å². The van der Waals surface area contributed by atoms with Gasteiger partial charge in [0.05, 0.1) is 6.42 Å². The van der Waals surface area contributed by atoms with Crippen molar-refractivity contribution in [1.29, 1.82) is 0 Å². The second kappa shape index (κ2) is 10.8. The molecule has 0 aromatic carbocycles. The number of carboxylic acids is 1. The topological polar surface area (TPSA) is 66.4 Å². The Labute approximate surface area is 181 Å². The zero-order chi connectivity index (χ0) is 26.5. The Hall–Kier alpha value is -1.62. The molecule has 0 radical (unpaired) electrons. The molecule has 0 aliphatic heterocycles. The number of nitrogens with one attached hydrogen (secondary N) is 1. The molecule has 0 aromatic heterocycles. The fourth-order valence-corrected chi connectivity index (χ4v) is 2.75. The third-order valence-corrected chi connectivity index (χ3v) is 4.78. The van der Waals surface area contributed by atoms with E-state index in [0.29, 0.717) is 11.9 Å². The maximum Gasteiger partial charge on any atom is 0.459 e. The molecule has 0 saturated heterocycles. The highest BCUT2D eigenvalue weighted by molar-refractivity contribution is 7.97. The standard InChI is InChI=1S/C15H16F13NO3S/c16-10(17,5-4-8(30)29-33-6-2-1-3-9(31)32)13(22,23)11(18,19)7-12(20,21)14(24,25)15(26,27)28/h1-7H2,(H,29,30)(H,31,32). The van der Waals surface area contributed by atoms with E-state index in [1.165, 1.54) is 0 Å². The summed E-state index contributed by atoms with van der Waals surface area (Å²) < 4.78 is 170. The smallest absolute Gasteiger partial charge is 0.459 e. The molecular weight excluding hydrogens is 521 g/mol. The van der Waals surface area contributed by atoms with Gasteiger partial charge in [-0.1, -0.05) is 11.9 Å². The quantitative estimate of drug-likeness (QED) is 0.164. The first-order valence-corrected chi connectivity index (χ1v) is 9.58. The molecule has 0 fully saturated rings. The van der Waals surface area contributed by atoms with Gasteiger partial charge in [0.15, 0.2) is 0 Å². The van der Waals surface area contributed by atoms with Crippen molar-refractivity contribution in [1.82, 2.24) is 4.72 Å². The number of carbonyl (C=O) groups excluding carboxylic acids is 1.